The van der Waals surface area contributed by atoms with Crippen molar-refractivity contribution in [2.75, 3.05) is 0 Å². The highest BCUT2D eigenvalue weighted by Crippen LogP contribution is 2.35. The Morgan fingerprint density at radius 2 is 1.59 bits per heavy atom. The van der Waals surface area contributed by atoms with Gasteiger partial charge in [0.2, 0.25) is 0 Å². The summed E-state index contributed by atoms with van der Waals surface area (Å²) in [6.45, 7) is 0.347. The Balaban J connectivity index is 1.90. The molecule has 0 atom stereocenters. The van der Waals surface area contributed by atoms with Crippen molar-refractivity contribution in [2.45, 2.75) is 6.61 Å². The number of halogens is 2. The zero-order valence-electron chi connectivity index (χ0n) is 11.5. The fourth-order valence-corrected chi connectivity index (χ4v) is 2.61. The summed E-state index contributed by atoms with van der Waals surface area (Å²) in [5.74, 6) is 1.28. The van der Waals surface area contributed by atoms with Crippen LogP contribution in [0.2, 0.25) is 10.0 Å². The SMILES string of the molecule is Clc1ccc(COc2ccccc2)c(Cl)c1-c1ncccn1. The highest BCUT2D eigenvalue weighted by atomic mass is 35.5. The Hall–Kier alpha value is -2.10. The van der Waals surface area contributed by atoms with Gasteiger partial charge in [-0.1, -0.05) is 47.5 Å². The molecule has 0 spiro atoms. The molecule has 0 saturated carbocycles. The lowest BCUT2D eigenvalue weighted by atomic mass is 10.1. The van der Waals surface area contributed by atoms with Gasteiger partial charge >= 0.3 is 0 Å². The maximum Gasteiger partial charge on any atom is 0.162 e. The number of benzene rings is 2. The van der Waals surface area contributed by atoms with Gasteiger partial charge in [-0.25, -0.2) is 9.97 Å². The third-order valence-electron chi connectivity index (χ3n) is 3.10. The van der Waals surface area contributed by atoms with Crippen molar-refractivity contribution in [1.29, 1.82) is 0 Å². The van der Waals surface area contributed by atoms with E-state index in [2.05, 4.69) is 9.97 Å². The first-order valence-electron chi connectivity index (χ1n) is 6.68. The normalized spacial score (nSPS) is 10.5. The summed E-state index contributed by atoms with van der Waals surface area (Å²) in [5, 5.41) is 1.02. The summed E-state index contributed by atoms with van der Waals surface area (Å²) >= 11 is 12.7. The predicted octanol–water partition coefficient (Wildman–Crippen LogP) is 5.03. The maximum atomic E-state index is 6.47. The summed E-state index contributed by atoms with van der Waals surface area (Å²) in [6, 6.07) is 14.9. The Bertz CT molecular complexity index is 764. The first-order chi connectivity index (χ1) is 10.8. The van der Waals surface area contributed by atoms with Crippen molar-refractivity contribution in [3.05, 3.63) is 76.5 Å². The van der Waals surface area contributed by atoms with Gasteiger partial charge in [-0.3, -0.25) is 0 Å². The summed E-state index contributed by atoms with van der Waals surface area (Å²) < 4.78 is 5.74. The van der Waals surface area contributed by atoms with Crippen molar-refractivity contribution in [3.8, 4) is 17.1 Å². The first kappa shape index (κ1) is 14.8. The molecule has 2 aromatic carbocycles. The number of aromatic nitrogens is 2. The summed E-state index contributed by atoms with van der Waals surface area (Å²) in [5.41, 5.74) is 1.45. The van der Waals surface area contributed by atoms with Crippen LogP contribution in [-0.2, 0) is 6.61 Å². The van der Waals surface area contributed by atoms with Gasteiger partial charge in [-0.15, -0.1) is 0 Å². The summed E-state index contributed by atoms with van der Waals surface area (Å²) in [7, 11) is 0. The fraction of sp³-hybridized carbons (Fsp3) is 0.0588. The molecule has 5 heteroatoms. The molecule has 1 aromatic heterocycles. The van der Waals surface area contributed by atoms with Gasteiger partial charge in [0.05, 0.1) is 15.6 Å². The fourth-order valence-electron chi connectivity index (χ4n) is 2.02. The van der Waals surface area contributed by atoms with Gasteiger partial charge in [-0.05, 0) is 24.3 Å². The van der Waals surface area contributed by atoms with Crippen molar-refractivity contribution in [2.24, 2.45) is 0 Å². The molecule has 0 N–H and O–H groups in total. The lowest BCUT2D eigenvalue weighted by Gasteiger charge is -2.12. The molecule has 0 amide bonds. The number of ether oxygens (including phenoxy) is 1. The van der Waals surface area contributed by atoms with E-state index in [1.807, 2.05) is 36.4 Å². The molecule has 1 heterocycles. The van der Waals surface area contributed by atoms with E-state index >= 15 is 0 Å². The average molecular weight is 331 g/mol. The summed E-state index contributed by atoms with van der Waals surface area (Å²) in [4.78, 5) is 8.42. The number of nitrogens with zero attached hydrogens (tertiary/aromatic N) is 2. The van der Waals surface area contributed by atoms with Crippen molar-refractivity contribution >= 4 is 23.2 Å². The molecule has 110 valence electrons. The van der Waals surface area contributed by atoms with E-state index in [-0.39, 0.29) is 0 Å². The molecule has 0 bridgehead atoms. The van der Waals surface area contributed by atoms with Crippen molar-refractivity contribution in [3.63, 3.8) is 0 Å². The van der Waals surface area contributed by atoms with Crippen LogP contribution in [0.5, 0.6) is 5.75 Å². The lowest BCUT2D eigenvalue weighted by molar-refractivity contribution is 0.306. The predicted molar refractivity (Wildman–Crippen MR) is 88.3 cm³/mol. The van der Waals surface area contributed by atoms with Crippen molar-refractivity contribution in [1.82, 2.24) is 9.97 Å². The molecule has 0 radical (unpaired) electrons. The Kier molecular flexibility index (Phi) is 4.56. The average Bonchev–Trinajstić information content (AvgIpc) is 2.56. The van der Waals surface area contributed by atoms with Crippen LogP contribution in [0.4, 0.5) is 0 Å². The molecule has 22 heavy (non-hydrogen) atoms. The minimum atomic E-state index is 0.347. The van der Waals surface area contributed by atoms with Gasteiger partial charge in [0, 0.05) is 18.0 Å². The van der Waals surface area contributed by atoms with E-state index in [0.717, 1.165) is 11.3 Å². The van der Waals surface area contributed by atoms with Gasteiger partial charge < -0.3 is 4.74 Å². The number of para-hydroxylation sites is 1. The quantitative estimate of drug-likeness (QED) is 0.672. The number of rotatable bonds is 4. The van der Waals surface area contributed by atoms with E-state index in [1.165, 1.54) is 0 Å². The van der Waals surface area contributed by atoms with Gasteiger partial charge in [0.1, 0.15) is 12.4 Å². The van der Waals surface area contributed by atoms with Crippen LogP contribution in [0.3, 0.4) is 0 Å². The van der Waals surface area contributed by atoms with Crippen LogP contribution in [-0.4, -0.2) is 9.97 Å². The topological polar surface area (TPSA) is 35.0 Å². The third-order valence-corrected chi connectivity index (χ3v) is 3.84. The van der Waals surface area contributed by atoms with Crippen LogP contribution in [0.1, 0.15) is 5.56 Å². The Labute approximate surface area is 138 Å². The Morgan fingerprint density at radius 3 is 2.32 bits per heavy atom. The molecule has 3 aromatic rings. The van der Waals surface area contributed by atoms with Crippen LogP contribution in [0.15, 0.2) is 60.9 Å². The second-order valence-electron chi connectivity index (χ2n) is 4.57. The molecule has 0 aliphatic carbocycles. The van der Waals surface area contributed by atoms with Gasteiger partial charge in [0.25, 0.3) is 0 Å². The number of hydrogen-bond acceptors (Lipinski definition) is 3. The summed E-state index contributed by atoms with van der Waals surface area (Å²) in [6.07, 6.45) is 3.31. The molecule has 0 fully saturated rings. The third kappa shape index (κ3) is 3.21. The monoisotopic (exact) mass is 330 g/mol. The second-order valence-corrected chi connectivity index (χ2v) is 5.35. The minimum absolute atomic E-state index is 0.347. The molecular formula is C17H12Cl2N2O. The minimum Gasteiger partial charge on any atom is -0.489 e. The molecule has 0 saturated heterocycles. The Morgan fingerprint density at radius 1 is 0.864 bits per heavy atom. The molecule has 0 aliphatic rings. The zero-order chi connectivity index (χ0) is 15.4. The lowest BCUT2D eigenvalue weighted by Crippen LogP contribution is -1.99. The molecule has 0 unspecified atom stereocenters. The number of hydrogen-bond donors (Lipinski definition) is 0. The van der Waals surface area contributed by atoms with Gasteiger partial charge in [0.15, 0.2) is 5.82 Å². The molecule has 0 aliphatic heterocycles. The molecular weight excluding hydrogens is 319 g/mol. The van der Waals surface area contributed by atoms with Crippen LogP contribution in [0, 0.1) is 0 Å². The molecule has 3 rings (SSSR count). The van der Waals surface area contributed by atoms with E-state index in [4.69, 9.17) is 27.9 Å². The van der Waals surface area contributed by atoms with Crippen LogP contribution < -0.4 is 4.74 Å². The largest absolute Gasteiger partial charge is 0.489 e. The maximum absolute atomic E-state index is 6.47. The van der Waals surface area contributed by atoms with E-state index in [1.54, 1.807) is 24.5 Å². The molecule has 3 nitrogen and oxygen atoms in total. The van der Waals surface area contributed by atoms with E-state index < -0.39 is 0 Å². The van der Waals surface area contributed by atoms with E-state index in [0.29, 0.717) is 28.0 Å². The second kappa shape index (κ2) is 6.77. The standard InChI is InChI=1S/C17H12Cl2N2O/c18-14-8-7-12(11-22-13-5-2-1-3-6-13)16(19)15(14)17-20-9-4-10-21-17/h1-10H,11H2. The first-order valence-corrected chi connectivity index (χ1v) is 7.43. The highest BCUT2D eigenvalue weighted by Gasteiger charge is 2.15. The van der Waals surface area contributed by atoms with Crippen LogP contribution >= 0.6 is 23.2 Å². The highest BCUT2D eigenvalue weighted by molar-refractivity contribution is 6.39. The van der Waals surface area contributed by atoms with E-state index in [9.17, 15) is 0 Å². The zero-order valence-corrected chi connectivity index (χ0v) is 13.1. The van der Waals surface area contributed by atoms with Gasteiger partial charge in [-0.2, -0.15) is 0 Å². The van der Waals surface area contributed by atoms with Crippen LogP contribution in [0.25, 0.3) is 11.4 Å². The van der Waals surface area contributed by atoms with Crippen molar-refractivity contribution < 1.29 is 4.74 Å². The smallest absolute Gasteiger partial charge is 0.162 e.